The van der Waals surface area contributed by atoms with Gasteiger partial charge in [0.05, 0.1) is 45.2 Å². The molecule has 9 N–H and O–H groups in total. The number of anilines is 1. The summed E-state index contributed by atoms with van der Waals surface area (Å²) >= 11 is 2.89. The van der Waals surface area contributed by atoms with Gasteiger partial charge in [0.1, 0.15) is 42.9 Å². The number of carbonyl (C=O) groups excluding carboxylic acids is 5. The zero-order valence-corrected chi connectivity index (χ0v) is 44.0. The van der Waals surface area contributed by atoms with Crippen molar-refractivity contribution in [3.63, 3.8) is 0 Å². The van der Waals surface area contributed by atoms with Gasteiger partial charge in [-0.1, -0.05) is 50.6 Å². The van der Waals surface area contributed by atoms with Crippen molar-refractivity contribution in [1.82, 2.24) is 40.4 Å². The van der Waals surface area contributed by atoms with E-state index < -0.39 is 90.6 Å². The van der Waals surface area contributed by atoms with Crippen LogP contribution in [0.5, 0.6) is 0 Å². The average molecular weight is 1140 g/mol. The highest BCUT2D eigenvalue weighted by molar-refractivity contribution is 8.00. The standard InChI is InChI=1S/C40H58N9O20P3S2/c1-40(2,20-66-72(62,63)69-71(60,61)65-17-25-33(68-70(57,58)59)32(53)38(67-25)48-22-46-31-35(41)44-21-45-36(31)48)34(54)37(55)43-13-12-27(50)42-14-15-73-19-28(51)49-24-18-74-26(30(24)47-39(49)56)10-6-7-11-29(52)64-16-23-8-4-3-5-9-23/h3-5,8-9,21-22,24-26,30,32-34,38,53-54H,6-7,10-20H2,1-2H3,(H,42,50)(H,43,55)(H,47,56)(H,60,61)(H,62,63)(H2,41,44,45)(H2,57,58,59)/p-2/t24?,25-,26?,30?,32+,33?,34+,38-/m1/s1. The van der Waals surface area contributed by atoms with Crippen LogP contribution < -0.4 is 31.5 Å². The predicted molar refractivity (Wildman–Crippen MR) is 256 cm³/mol. The summed E-state index contributed by atoms with van der Waals surface area (Å²) in [4.78, 5) is 120. The lowest BCUT2D eigenvalue weighted by molar-refractivity contribution is -0.347. The number of carbonyl (C=O) groups is 5. The van der Waals surface area contributed by atoms with Crippen LogP contribution >= 0.6 is 47.0 Å². The fraction of sp³-hybridized carbons (Fsp3) is 0.600. The highest BCUT2D eigenvalue weighted by atomic mass is 32.2. The fourth-order valence-electron chi connectivity index (χ4n) is 7.87. The SMILES string of the molecule is CC(C)(COP(=O)(O)OP(=O)(O)OC[C@H]1O[C@@H](n2cnc3c(N)ncnc32)[C@@H](O)C1OP(=O)([O-])[O-])[C@@H](O)C(=O)NCCC(=O)NCCSCC(=O)N1C(=O)NC2C(CCCCC(=O)OCc3ccccc3)SCC21. The molecule has 6 rings (SSSR count). The van der Waals surface area contributed by atoms with E-state index in [2.05, 4.69) is 39.7 Å². The molecule has 3 aliphatic rings. The van der Waals surface area contributed by atoms with E-state index in [0.717, 1.165) is 35.6 Å². The van der Waals surface area contributed by atoms with Crippen LogP contribution in [0.3, 0.4) is 0 Å². The molecule has 3 aliphatic heterocycles. The number of urea groups is 1. The molecule has 3 fully saturated rings. The molecule has 0 aliphatic carbocycles. The molecule has 0 spiro atoms. The highest BCUT2D eigenvalue weighted by Gasteiger charge is 2.51. The number of phosphoric ester groups is 3. The van der Waals surface area contributed by atoms with Gasteiger partial charge in [0.15, 0.2) is 17.7 Å². The second-order valence-corrected chi connectivity index (χ2v) is 24.2. The molecule has 5 amide bonds. The van der Waals surface area contributed by atoms with Crippen molar-refractivity contribution in [1.29, 1.82) is 0 Å². The lowest BCUT2D eigenvalue weighted by Gasteiger charge is -2.34. The largest absolute Gasteiger partial charge is 0.790 e. The summed E-state index contributed by atoms with van der Waals surface area (Å²) in [5.41, 5.74) is 5.04. The van der Waals surface area contributed by atoms with E-state index in [0.29, 0.717) is 17.9 Å². The Balaban J connectivity index is 0.842. The molecule has 410 valence electrons. The first kappa shape index (κ1) is 59.1. The number of unbranched alkanes of at least 4 members (excludes halogenated alkanes) is 1. The molecule has 5 heterocycles. The lowest BCUT2D eigenvalue weighted by Crippen LogP contribution is -2.46. The average Bonchev–Trinajstić information content (AvgIpc) is 4.10. The maximum absolute atomic E-state index is 13.1. The van der Waals surface area contributed by atoms with Crippen LogP contribution in [0.2, 0.25) is 0 Å². The summed E-state index contributed by atoms with van der Waals surface area (Å²) in [6.07, 6.45) is -5.07. The minimum absolute atomic E-state index is 0.00971. The van der Waals surface area contributed by atoms with Gasteiger partial charge in [-0.3, -0.25) is 37.7 Å². The predicted octanol–water partition coefficient (Wildman–Crippen LogP) is -0.418. The van der Waals surface area contributed by atoms with Crippen LogP contribution in [0, 0.1) is 5.41 Å². The second-order valence-electron chi connectivity index (χ2n) is 17.6. The first-order valence-corrected chi connectivity index (χ1v) is 29.4. The number of nitrogens with two attached hydrogens (primary N) is 1. The highest BCUT2D eigenvalue weighted by Crippen LogP contribution is 2.61. The number of imide groups is 1. The third-order valence-electron chi connectivity index (χ3n) is 11.6. The number of aromatic nitrogens is 4. The summed E-state index contributed by atoms with van der Waals surface area (Å²) in [5.74, 6) is -1.31. The quantitative estimate of drug-likeness (QED) is 0.0198. The Bertz CT molecular complexity index is 2620. The van der Waals surface area contributed by atoms with Crippen LogP contribution in [0.25, 0.3) is 11.2 Å². The molecular weight excluding hydrogens is 1080 g/mol. The van der Waals surface area contributed by atoms with E-state index in [1.165, 1.54) is 30.5 Å². The van der Waals surface area contributed by atoms with Gasteiger partial charge < -0.3 is 70.0 Å². The van der Waals surface area contributed by atoms with Crippen molar-refractivity contribution in [2.45, 2.75) is 101 Å². The number of fused-ring (bicyclic) bond motifs is 2. The molecule has 6 unspecified atom stereocenters. The number of nitrogens with one attached hydrogen (secondary N) is 3. The molecular formula is C40H56N9O20P3S2-2. The van der Waals surface area contributed by atoms with Gasteiger partial charge >= 0.3 is 27.6 Å². The number of esters is 1. The van der Waals surface area contributed by atoms with Crippen LogP contribution in [-0.4, -0.2) is 159 Å². The number of aliphatic hydroxyl groups excluding tert-OH is 2. The maximum Gasteiger partial charge on any atom is 0.481 e. The number of rotatable bonds is 28. The minimum Gasteiger partial charge on any atom is -0.790 e. The van der Waals surface area contributed by atoms with Crippen molar-refractivity contribution >= 4 is 93.7 Å². The molecule has 1 aromatic carbocycles. The van der Waals surface area contributed by atoms with Gasteiger partial charge in [-0.25, -0.2) is 28.9 Å². The van der Waals surface area contributed by atoms with Crippen molar-refractivity contribution in [3.8, 4) is 0 Å². The number of thioether (sulfide) groups is 2. The smallest absolute Gasteiger partial charge is 0.481 e. The van der Waals surface area contributed by atoms with Crippen molar-refractivity contribution < 1.29 is 94.8 Å². The molecule has 0 bridgehead atoms. The molecule has 2 aromatic heterocycles. The summed E-state index contributed by atoms with van der Waals surface area (Å²) in [7, 11) is -17.1. The van der Waals surface area contributed by atoms with Crippen LogP contribution in [0.4, 0.5) is 10.6 Å². The third kappa shape index (κ3) is 16.4. The fourth-order valence-corrected chi connectivity index (χ4v) is 13.0. The molecule has 10 atom stereocenters. The van der Waals surface area contributed by atoms with Crippen molar-refractivity contribution in [3.05, 3.63) is 48.5 Å². The van der Waals surface area contributed by atoms with E-state index >= 15 is 0 Å². The number of nitrogens with zero attached hydrogens (tertiary/aromatic N) is 5. The molecule has 0 saturated carbocycles. The summed E-state index contributed by atoms with van der Waals surface area (Å²) in [6.45, 7) is 0.443. The molecule has 34 heteroatoms. The van der Waals surface area contributed by atoms with Gasteiger partial charge in [-0.05, 0) is 18.4 Å². The van der Waals surface area contributed by atoms with E-state index in [1.54, 1.807) is 11.8 Å². The Morgan fingerprint density at radius 2 is 1.77 bits per heavy atom. The Labute approximate surface area is 431 Å². The van der Waals surface area contributed by atoms with Gasteiger partial charge in [-0.15, -0.1) is 0 Å². The van der Waals surface area contributed by atoms with Gasteiger partial charge in [0.25, 0.3) is 0 Å². The maximum atomic E-state index is 13.1. The molecule has 74 heavy (non-hydrogen) atoms. The number of phosphoric acid groups is 3. The van der Waals surface area contributed by atoms with Crippen molar-refractivity contribution in [2.24, 2.45) is 5.41 Å². The minimum atomic E-state index is -5.85. The number of nitrogen functional groups attached to an aromatic ring is 1. The Hall–Kier alpha value is -4.13. The molecule has 0 radical (unpaired) electrons. The van der Waals surface area contributed by atoms with Crippen molar-refractivity contribution in [2.75, 3.05) is 49.3 Å². The van der Waals surface area contributed by atoms with E-state index in [1.807, 2.05) is 30.3 Å². The lowest BCUT2D eigenvalue weighted by atomic mass is 9.87. The zero-order valence-electron chi connectivity index (χ0n) is 39.6. The number of hydrogen-bond donors (Lipinski definition) is 8. The van der Waals surface area contributed by atoms with Gasteiger partial charge in [0.2, 0.25) is 17.7 Å². The monoisotopic (exact) mass is 1140 g/mol. The van der Waals surface area contributed by atoms with Gasteiger partial charge in [0, 0.05) is 48.1 Å². The first-order valence-electron chi connectivity index (χ1n) is 22.7. The summed E-state index contributed by atoms with van der Waals surface area (Å²) in [6, 6.07) is 8.44. The van der Waals surface area contributed by atoms with Crippen LogP contribution in [0.1, 0.15) is 57.7 Å². The number of hydrogen-bond acceptors (Lipinski definition) is 24. The number of imidazole rings is 1. The summed E-state index contributed by atoms with van der Waals surface area (Å²) in [5, 5.41) is 29.6. The first-order chi connectivity index (χ1) is 34.8. The van der Waals surface area contributed by atoms with E-state index in [-0.39, 0.29) is 84.5 Å². The molecule has 3 saturated heterocycles. The van der Waals surface area contributed by atoms with Gasteiger partial charge in [-0.2, -0.15) is 27.8 Å². The zero-order chi connectivity index (χ0) is 54.0. The Kier molecular flexibility index (Phi) is 20.6. The molecule has 3 aromatic rings. The van der Waals surface area contributed by atoms with Crippen LogP contribution in [-0.2, 0) is 66.8 Å². The van der Waals surface area contributed by atoms with E-state index in [4.69, 9.17) is 24.3 Å². The number of benzene rings is 1. The summed E-state index contributed by atoms with van der Waals surface area (Å²) < 4.78 is 67.2. The Morgan fingerprint density at radius 3 is 2.50 bits per heavy atom. The Morgan fingerprint density at radius 1 is 1.04 bits per heavy atom. The molecule has 29 nitrogen and oxygen atoms in total. The third-order valence-corrected chi connectivity index (χ3v) is 17.1. The number of amides is 5. The number of aliphatic hydroxyl groups is 2. The normalized spacial score (nSPS) is 23.9. The number of ether oxygens (including phenoxy) is 2. The topological polar surface area (TPSA) is 428 Å². The van der Waals surface area contributed by atoms with E-state index in [9.17, 15) is 67.5 Å². The van der Waals surface area contributed by atoms with Crippen LogP contribution in [0.15, 0.2) is 43.0 Å². The second kappa shape index (κ2) is 25.8.